The minimum absolute atomic E-state index is 0.671. The van der Waals surface area contributed by atoms with E-state index in [0.717, 1.165) is 44.5 Å². The van der Waals surface area contributed by atoms with E-state index in [0.29, 0.717) is 11.5 Å². The fourth-order valence-corrected chi connectivity index (χ4v) is 4.39. The molecule has 6 aromatic heterocycles. The van der Waals surface area contributed by atoms with Crippen LogP contribution in [0.15, 0.2) is 60.5 Å². The third-order valence-corrected chi connectivity index (χ3v) is 6.07. The summed E-state index contributed by atoms with van der Waals surface area (Å²) in [6.07, 6.45) is 7.21. The maximum Gasteiger partial charge on any atom is 0.178 e. The van der Waals surface area contributed by atoms with E-state index in [1.807, 2.05) is 30.5 Å². The van der Waals surface area contributed by atoms with Crippen molar-refractivity contribution in [1.29, 1.82) is 0 Å². The largest absolute Gasteiger partial charge is 0.335 e. The van der Waals surface area contributed by atoms with Crippen LogP contribution in [0.4, 0.5) is 0 Å². The molecule has 0 fully saturated rings. The van der Waals surface area contributed by atoms with Crippen LogP contribution in [0.3, 0.4) is 0 Å². The third kappa shape index (κ3) is 2.61. The lowest BCUT2D eigenvalue weighted by Crippen LogP contribution is -1.88. The number of aromatic nitrogens is 7. The van der Waals surface area contributed by atoms with Crippen molar-refractivity contribution >= 4 is 33.4 Å². The number of nitrogens with zero attached hydrogens (tertiary/aromatic N) is 5. The molecule has 0 unspecified atom stereocenters. The number of imidazole rings is 1. The van der Waals surface area contributed by atoms with Crippen molar-refractivity contribution in [1.82, 2.24) is 35.1 Å². The van der Waals surface area contributed by atoms with Gasteiger partial charge in [-0.3, -0.25) is 15.1 Å². The molecule has 2 N–H and O–H groups in total. The summed E-state index contributed by atoms with van der Waals surface area (Å²) in [6, 6.07) is 10.2. The Labute approximate surface area is 174 Å². The van der Waals surface area contributed by atoms with E-state index in [1.165, 1.54) is 4.88 Å². The Bertz CT molecular complexity index is 1510. The summed E-state index contributed by atoms with van der Waals surface area (Å²) in [5.41, 5.74) is 7.22. The second-order valence-electron chi connectivity index (χ2n) is 7.00. The van der Waals surface area contributed by atoms with Crippen LogP contribution < -0.4 is 0 Å². The molecule has 0 saturated carbocycles. The molecule has 0 aliphatic rings. The van der Waals surface area contributed by atoms with Crippen molar-refractivity contribution in [2.75, 3.05) is 0 Å². The molecule has 0 aromatic carbocycles. The summed E-state index contributed by atoms with van der Waals surface area (Å²) in [5, 5.41) is 10.6. The summed E-state index contributed by atoms with van der Waals surface area (Å²) in [4.78, 5) is 22.6. The molecule has 30 heavy (non-hydrogen) atoms. The Morgan fingerprint density at radius 3 is 2.83 bits per heavy atom. The molecular weight excluding hydrogens is 394 g/mol. The van der Waals surface area contributed by atoms with Gasteiger partial charge in [-0.15, -0.1) is 11.3 Å². The predicted octanol–water partition coefficient (Wildman–Crippen LogP) is 5.00. The van der Waals surface area contributed by atoms with Gasteiger partial charge in [-0.1, -0.05) is 6.07 Å². The van der Waals surface area contributed by atoms with Gasteiger partial charge >= 0.3 is 0 Å². The Balaban J connectivity index is 1.53. The molecule has 0 bridgehead atoms. The van der Waals surface area contributed by atoms with Crippen LogP contribution in [-0.2, 0) is 0 Å². The zero-order valence-electron chi connectivity index (χ0n) is 15.9. The summed E-state index contributed by atoms with van der Waals surface area (Å²) < 4.78 is 0. The highest BCUT2D eigenvalue weighted by molar-refractivity contribution is 7.13. The molecule has 0 saturated heterocycles. The summed E-state index contributed by atoms with van der Waals surface area (Å²) in [5.74, 6) is 0.674. The van der Waals surface area contributed by atoms with Crippen LogP contribution >= 0.6 is 11.3 Å². The summed E-state index contributed by atoms with van der Waals surface area (Å²) in [7, 11) is 0. The van der Waals surface area contributed by atoms with Crippen LogP contribution in [0.1, 0.15) is 5.56 Å². The normalized spacial score (nSPS) is 11.5. The average Bonchev–Trinajstić information content (AvgIpc) is 3.51. The van der Waals surface area contributed by atoms with Gasteiger partial charge in [0.15, 0.2) is 11.5 Å². The van der Waals surface area contributed by atoms with Gasteiger partial charge in [0.05, 0.1) is 22.9 Å². The molecule has 0 atom stereocenters. The predicted molar refractivity (Wildman–Crippen MR) is 118 cm³/mol. The Kier molecular flexibility index (Phi) is 3.72. The number of aryl methyl sites for hydroxylation is 1. The van der Waals surface area contributed by atoms with E-state index in [2.05, 4.69) is 48.5 Å². The van der Waals surface area contributed by atoms with Crippen molar-refractivity contribution in [3.8, 4) is 33.2 Å². The number of H-pyrrole nitrogens is 2. The second-order valence-corrected chi connectivity index (χ2v) is 7.95. The van der Waals surface area contributed by atoms with E-state index in [-0.39, 0.29) is 0 Å². The Hall–Kier alpha value is -3.91. The Morgan fingerprint density at radius 1 is 1.00 bits per heavy atom. The molecule has 144 valence electrons. The number of thiophene rings is 1. The molecule has 0 aliphatic heterocycles. The maximum absolute atomic E-state index is 4.72. The minimum Gasteiger partial charge on any atom is -0.335 e. The molecule has 0 amide bonds. The van der Waals surface area contributed by atoms with Crippen LogP contribution in [0.2, 0.25) is 0 Å². The van der Waals surface area contributed by atoms with Gasteiger partial charge in [0, 0.05) is 40.0 Å². The van der Waals surface area contributed by atoms with Gasteiger partial charge in [0.1, 0.15) is 5.69 Å². The highest BCUT2D eigenvalue weighted by atomic mass is 32.1. The topological polar surface area (TPSA) is 96.0 Å². The van der Waals surface area contributed by atoms with E-state index >= 15 is 0 Å². The first-order chi connectivity index (χ1) is 14.8. The number of hydrogen-bond acceptors (Lipinski definition) is 6. The molecule has 8 heteroatoms. The maximum atomic E-state index is 4.72. The second kappa shape index (κ2) is 6.57. The van der Waals surface area contributed by atoms with Crippen molar-refractivity contribution in [3.05, 3.63) is 66.1 Å². The highest BCUT2D eigenvalue weighted by Crippen LogP contribution is 2.33. The summed E-state index contributed by atoms with van der Waals surface area (Å²) >= 11 is 1.69. The summed E-state index contributed by atoms with van der Waals surface area (Å²) in [6.45, 7) is 2.05. The first kappa shape index (κ1) is 17.0. The Morgan fingerprint density at radius 2 is 1.97 bits per heavy atom. The van der Waals surface area contributed by atoms with E-state index in [1.54, 1.807) is 29.9 Å². The molecule has 6 heterocycles. The molecule has 0 radical (unpaired) electrons. The van der Waals surface area contributed by atoms with E-state index in [9.17, 15) is 0 Å². The first-order valence-electron chi connectivity index (χ1n) is 9.42. The van der Waals surface area contributed by atoms with Crippen LogP contribution in [-0.4, -0.2) is 35.1 Å². The van der Waals surface area contributed by atoms with Crippen molar-refractivity contribution < 1.29 is 0 Å². The quantitative estimate of drug-likeness (QED) is 0.429. The molecule has 6 rings (SSSR count). The zero-order valence-corrected chi connectivity index (χ0v) is 16.7. The minimum atomic E-state index is 0.671. The molecular formula is C22H15N7S. The number of fused-ring (bicyclic) bond motifs is 2. The van der Waals surface area contributed by atoms with Gasteiger partial charge in [-0.2, -0.15) is 5.10 Å². The average molecular weight is 409 g/mol. The molecule has 0 aliphatic carbocycles. The SMILES string of the molecule is Cc1ccncc1-c1cc2c(-c3nc4nccc(-c5cccs5)c4[nH]3)n[nH]c2cn1. The molecule has 6 aromatic rings. The lowest BCUT2D eigenvalue weighted by atomic mass is 10.1. The third-order valence-electron chi connectivity index (χ3n) is 5.17. The fraction of sp³-hybridized carbons (Fsp3) is 0.0455. The smallest absolute Gasteiger partial charge is 0.178 e. The van der Waals surface area contributed by atoms with Crippen LogP contribution in [0.25, 0.3) is 55.3 Å². The number of pyridine rings is 3. The van der Waals surface area contributed by atoms with Crippen LogP contribution in [0, 0.1) is 6.92 Å². The van der Waals surface area contributed by atoms with E-state index < -0.39 is 0 Å². The standard InChI is InChI=1S/C22H15N7S/c1-12-4-6-23-10-15(12)16-9-14-17(11-25-16)28-29-20(14)22-26-19-13(18-3-2-8-30-18)5-7-24-21(19)27-22/h2-11H,1H3,(H,28,29)(H,24,26,27). The number of rotatable bonds is 3. The van der Waals surface area contributed by atoms with Crippen molar-refractivity contribution in [2.45, 2.75) is 6.92 Å². The first-order valence-corrected chi connectivity index (χ1v) is 10.3. The number of aromatic amines is 2. The number of nitrogens with one attached hydrogen (secondary N) is 2. The fourth-order valence-electron chi connectivity index (χ4n) is 3.64. The lowest BCUT2D eigenvalue weighted by molar-refractivity contribution is 1.10. The van der Waals surface area contributed by atoms with Gasteiger partial charge in [0.25, 0.3) is 0 Å². The molecule has 7 nitrogen and oxygen atoms in total. The van der Waals surface area contributed by atoms with Crippen molar-refractivity contribution in [3.63, 3.8) is 0 Å². The van der Waals surface area contributed by atoms with E-state index in [4.69, 9.17) is 4.98 Å². The van der Waals surface area contributed by atoms with Gasteiger partial charge < -0.3 is 4.98 Å². The molecule has 0 spiro atoms. The van der Waals surface area contributed by atoms with Gasteiger partial charge in [0.2, 0.25) is 0 Å². The number of hydrogen-bond donors (Lipinski definition) is 2. The lowest BCUT2D eigenvalue weighted by Gasteiger charge is -2.04. The highest BCUT2D eigenvalue weighted by Gasteiger charge is 2.17. The monoisotopic (exact) mass is 409 g/mol. The van der Waals surface area contributed by atoms with Gasteiger partial charge in [-0.05, 0) is 42.1 Å². The van der Waals surface area contributed by atoms with Crippen LogP contribution in [0.5, 0.6) is 0 Å². The van der Waals surface area contributed by atoms with Gasteiger partial charge in [-0.25, -0.2) is 9.97 Å². The van der Waals surface area contributed by atoms with Crippen molar-refractivity contribution in [2.24, 2.45) is 0 Å². The zero-order chi connectivity index (χ0) is 20.1.